The molecule has 2 rings (SSSR count). The summed E-state index contributed by atoms with van der Waals surface area (Å²) in [5.74, 6) is -0.00560. The van der Waals surface area contributed by atoms with Gasteiger partial charge in [0.15, 0.2) is 0 Å². The van der Waals surface area contributed by atoms with Gasteiger partial charge in [-0.1, -0.05) is 10.3 Å². The fourth-order valence-electron chi connectivity index (χ4n) is 2.07. The van der Waals surface area contributed by atoms with E-state index in [0.29, 0.717) is 11.4 Å². The van der Waals surface area contributed by atoms with Crippen LogP contribution in [0.1, 0.15) is 29.6 Å². The van der Waals surface area contributed by atoms with E-state index in [9.17, 15) is 4.79 Å². The van der Waals surface area contributed by atoms with Crippen molar-refractivity contribution in [2.75, 3.05) is 7.05 Å². The summed E-state index contributed by atoms with van der Waals surface area (Å²) in [5, 5.41) is 7.43. The molecule has 2 aromatic rings. The molecule has 0 fully saturated rings. The maximum absolute atomic E-state index is 12.3. The third-order valence-electron chi connectivity index (χ3n) is 3.60. The molecule has 1 atom stereocenters. The van der Waals surface area contributed by atoms with Crippen LogP contribution in [-0.4, -0.2) is 39.2 Å². The van der Waals surface area contributed by atoms with Gasteiger partial charge < -0.3 is 4.90 Å². The van der Waals surface area contributed by atoms with Gasteiger partial charge in [0.1, 0.15) is 11.4 Å². The highest BCUT2D eigenvalue weighted by atomic mass is 16.6. The monoisotopic (exact) mass is 288 g/mol. The number of likely N-dealkylation sites (N-methyl/N-ethyl adjacent to an activating group) is 1. The van der Waals surface area contributed by atoms with Crippen LogP contribution < -0.4 is 0 Å². The van der Waals surface area contributed by atoms with Crippen LogP contribution in [0.4, 0.5) is 0 Å². The third kappa shape index (κ3) is 3.87. The number of carbonyl (C=O) groups excluding carboxylic acids is 1. The normalized spacial score (nSPS) is 12.2. The lowest BCUT2D eigenvalue weighted by atomic mass is 10.1. The minimum atomic E-state index is -0.00560. The minimum Gasteiger partial charge on any atom is -0.342 e. The molecule has 0 bridgehead atoms. The van der Waals surface area contributed by atoms with Crippen molar-refractivity contribution in [3.8, 4) is 0 Å². The second-order valence-electron chi connectivity index (χ2n) is 5.36. The van der Waals surface area contributed by atoms with Gasteiger partial charge in [-0.15, -0.1) is 0 Å². The maximum Gasteiger partial charge on any atom is 0.228 e. The van der Waals surface area contributed by atoms with E-state index in [1.54, 1.807) is 25.1 Å². The van der Waals surface area contributed by atoms with Crippen LogP contribution in [0, 0.1) is 13.8 Å². The predicted molar refractivity (Wildman–Crippen MR) is 77.6 cm³/mol. The molecule has 2 aromatic heterocycles. The van der Waals surface area contributed by atoms with E-state index in [1.165, 1.54) is 5.56 Å². The van der Waals surface area contributed by atoms with Gasteiger partial charge in [-0.05, 0) is 38.5 Å². The molecule has 21 heavy (non-hydrogen) atoms. The SMILES string of the molecule is Cc1ccnc(C[C@@H](C)N(C)C(=O)Cc2nonc2C)c1. The van der Waals surface area contributed by atoms with Crippen molar-refractivity contribution in [3.63, 3.8) is 0 Å². The van der Waals surface area contributed by atoms with E-state index in [1.807, 2.05) is 26.0 Å². The lowest BCUT2D eigenvalue weighted by Crippen LogP contribution is -2.37. The minimum absolute atomic E-state index is 0.00560. The van der Waals surface area contributed by atoms with Crippen molar-refractivity contribution < 1.29 is 9.42 Å². The van der Waals surface area contributed by atoms with Crippen LogP contribution in [0.5, 0.6) is 0 Å². The second kappa shape index (κ2) is 6.47. The quantitative estimate of drug-likeness (QED) is 0.837. The number of nitrogens with zero attached hydrogens (tertiary/aromatic N) is 4. The van der Waals surface area contributed by atoms with Crippen LogP contribution in [0.25, 0.3) is 0 Å². The van der Waals surface area contributed by atoms with Gasteiger partial charge in [-0.2, -0.15) is 0 Å². The molecule has 0 saturated carbocycles. The van der Waals surface area contributed by atoms with E-state index in [2.05, 4.69) is 19.9 Å². The predicted octanol–water partition coefficient (Wildman–Crippen LogP) is 1.71. The van der Waals surface area contributed by atoms with Gasteiger partial charge in [0.2, 0.25) is 5.91 Å². The fourth-order valence-corrected chi connectivity index (χ4v) is 2.07. The van der Waals surface area contributed by atoms with Crippen LogP contribution in [0.3, 0.4) is 0 Å². The Bertz CT molecular complexity index is 624. The number of amides is 1. The van der Waals surface area contributed by atoms with E-state index in [-0.39, 0.29) is 18.4 Å². The molecule has 0 unspecified atom stereocenters. The van der Waals surface area contributed by atoms with Crippen molar-refractivity contribution >= 4 is 5.91 Å². The lowest BCUT2D eigenvalue weighted by Gasteiger charge is -2.24. The zero-order chi connectivity index (χ0) is 15.4. The van der Waals surface area contributed by atoms with Crippen molar-refractivity contribution in [3.05, 3.63) is 41.0 Å². The first-order valence-electron chi connectivity index (χ1n) is 6.92. The smallest absolute Gasteiger partial charge is 0.228 e. The van der Waals surface area contributed by atoms with Crippen LogP contribution in [-0.2, 0) is 17.6 Å². The van der Waals surface area contributed by atoms with E-state index < -0.39 is 0 Å². The Morgan fingerprint density at radius 1 is 1.38 bits per heavy atom. The van der Waals surface area contributed by atoms with E-state index in [4.69, 9.17) is 0 Å². The average Bonchev–Trinajstić information content (AvgIpc) is 2.83. The number of hydrogen-bond donors (Lipinski definition) is 0. The molecule has 0 aliphatic heterocycles. The number of pyridine rings is 1. The summed E-state index contributed by atoms with van der Waals surface area (Å²) >= 11 is 0. The highest BCUT2D eigenvalue weighted by Gasteiger charge is 2.19. The average molecular weight is 288 g/mol. The lowest BCUT2D eigenvalue weighted by molar-refractivity contribution is -0.131. The molecule has 0 saturated heterocycles. The van der Waals surface area contributed by atoms with Gasteiger partial charge in [0.05, 0.1) is 6.42 Å². The fraction of sp³-hybridized carbons (Fsp3) is 0.467. The first kappa shape index (κ1) is 15.2. The van der Waals surface area contributed by atoms with Crippen LogP contribution in [0.2, 0.25) is 0 Å². The number of hydrogen-bond acceptors (Lipinski definition) is 5. The van der Waals surface area contributed by atoms with Crippen molar-refractivity contribution in [2.24, 2.45) is 0 Å². The topological polar surface area (TPSA) is 72.1 Å². The summed E-state index contributed by atoms with van der Waals surface area (Å²) in [6.45, 7) is 5.82. The molecule has 6 heteroatoms. The number of aryl methyl sites for hydroxylation is 2. The van der Waals surface area contributed by atoms with Crippen molar-refractivity contribution in [1.82, 2.24) is 20.2 Å². The van der Waals surface area contributed by atoms with Gasteiger partial charge in [0.25, 0.3) is 0 Å². The Kier molecular flexibility index (Phi) is 4.67. The maximum atomic E-state index is 12.3. The Morgan fingerprint density at radius 2 is 2.14 bits per heavy atom. The molecule has 112 valence electrons. The van der Waals surface area contributed by atoms with Gasteiger partial charge in [-0.3, -0.25) is 9.78 Å². The molecule has 6 nitrogen and oxygen atoms in total. The highest BCUT2D eigenvalue weighted by molar-refractivity contribution is 5.78. The van der Waals surface area contributed by atoms with Gasteiger partial charge in [-0.25, -0.2) is 4.63 Å². The molecular formula is C15H20N4O2. The summed E-state index contributed by atoms with van der Waals surface area (Å²) in [4.78, 5) is 18.3. The first-order chi connectivity index (χ1) is 9.97. The Labute approximate surface area is 124 Å². The van der Waals surface area contributed by atoms with Crippen LogP contribution in [0.15, 0.2) is 23.0 Å². The first-order valence-corrected chi connectivity index (χ1v) is 6.92. The Balaban J connectivity index is 1.97. The van der Waals surface area contributed by atoms with Crippen LogP contribution >= 0.6 is 0 Å². The zero-order valence-electron chi connectivity index (χ0n) is 12.8. The summed E-state index contributed by atoms with van der Waals surface area (Å²) in [5.41, 5.74) is 3.41. The summed E-state index contributed by atoms with van der Waals surface area (Å²) in [7, 11) is 1.80. The largest absolute Gasteiger partial charge is 0.342 e. The summed E-state index contributed by atoms with van der Waals surface area (Å²) in [6, 6.07) is 4.07. The van der Waals surface area contributed by atoms with Gasteiger partial charge in [0, 0.05) is 31.4 Å². The van der Waals surface area contributed by atoms with E-state index >= 15 is 0 Å². The highest BCUT2D eigenvalue weighted by Crippen LogP contribution is 2.10. The van der Waals surface area contributed by atoms with Crippen molar-refractivity contribution in [1.29, 1.82) is 0 Å². The second-order valence-corrected chi connectivity index (χ2v) is 5.36. The summed E-state index contributed by atoms with van der Waals surface area (Å²) in [6.07, 6.45) is 2.72. The molecule has 0 radical (unpaired) electrons. The summed E-state index contributed by atoms with van der Waals surface area (Å²) < 4.78 is 4.61. The Hall–Kier alpha value is -2.24. The number of carbonyl (C=O) groups is 1. The zero-order valence-corrected chi connectivity index (χ0v) is 12.8. The molecule has 0 N–H and O–H groups in total. The van der Waals surface area contributed by atoms with Crippen molar-refractivity contribution in [2.45, 2.75) is 39.7 Å². The number of aromatic nitrogens is 3. The number of rotatable bonds is 5. The molecule has 2 heterocycles. The molecule has 0 spiro atoms. The molecular weight excluding hydrogens is 268 g/mol. The third-order valence-corrected chi connectivity index (χ3v) is 3.60. The molecule has 0 aliphatic rings. The standard InChI is InChI=1S/C15H20N4O2/c1-10-5-6-16-13(7-10)8-11(2)19(4)15(20)9-14-12(3)17-21-18-14/h5-7,11H,8-9H2,1-4H3/t11-/m1/s1. The van der Waals surface area contributed by atoms with E-state index in [0.717, 1.165) is 12.1 Å². The van der Waals surface area contributed by atoms with Gasteiger partial charge >= 0.3 is 0 Å². The molecule has 0 aliphatic carbocycles. The Morgan fingerprint density at radius 3 is 2.76 bits per heavy atom. The molecule has 1 amide bonds. The molecule has 0 aromatic carbocycles.